The number of benzene rings is 3. The monoisotopic (exact) mass is 496 g/mol. The lowest BCUT2D eigenvalue weighted by molar-refractivity contribution is -0.118. The Labute approximate surface area is 196 Å². The summed E-state index contributed by atoms with van der Waals surface area (Å²) < 4.78 is 6.54. The second-order valence-electron chi connectivity index (χ2n) is 6.21. The molecule has 0 fully saturated rings. The Kier molecular flexibility index (Phi) is 6.37. The maximum atomic E-state index is 12.4. The maximum Gasteiger partial charge on any atom is 0.262 e. The number of rotatable bonds is 5. The van der Waals surface area contributed by atoms with Gasteiger partial charge in [-0.05, 0) is 30.3 Å². The lowest BCUT2D eigenvalue weighted by atomic mass is 10.2. The van der Waals surface area contributed by atoms with Gasteiger partial charge in [-0.25, -0.2) is 4.98 Å². The van der Waals surface area contributed by atoms with Crippen molar-refractivity contribution in [2.24, 2.45) is 0 Å². The molecule has 1 heterocycles. The zero-order valence-electron chi connectivity index (χ0n) is 15.1. The molecule has 152 valence electrons. The molecule has 0 aliphatic heterocycles. The minimum Gasteiger partial charge on any atom is -0.482 e. The number of para-hydroxylation sites is 1. The van der Waals surface area contributed by atoms with E-state index in [1.54, 1.807) is 23.5 Å². The van der Waals surface area contributed by atoms with Gasteiger partial charge < -0.3 is 10.1 Å². The topological polar surface area (TPSA) is 51.2 Å². The van der Waals surface area contributed by atoms with Crippen LogP contribution in [0.5, 0.6) is 5.75 Å². The molecular weight excluding hydrogens is 486 g/mol. The minimum absolute atomic E-state index is 0.257. The average molecular weight is 498 g/mol. The van der Waals surface area contributed by atoms with Crippen LogP contribution in [0, 0.1) is 0 Å². The van der Waals surface area contributed by atoms with Crippen molar-refractivity contribution in [2.75, 3.05) is 11.9 Å². The van der Waals surface area contributed by atoms with E-state index < -0.39 is 5.91 Å². The minimum atomic E-state index is -0.402. The molecule has 1 amide bonds. The lowest BCUT2D eigenvalue weighted by Crippen LogP contribution is -2.20. The fourth-order valence-corrected chi connectivity index (χ4v) is 4.41. The first-order valence-corrected chi connectivity index (χ1v) is 11.0. The summed E-state index contributed by atoms with van der Waals surface area (Å²) in [7, 11) is 0. The van der Waals surface area contributed by atoms with Crippen LogP contribution in [0.15, 0.2) is 54.6 Å². The van der Waals surface area contributed by atoms with Gasteiger partial charge in [0.25, 0.3) is 5.91 Å². The van der Waals surface area contributed by atoms with Gasteiger partial charge in [0, 0.05) is 11.6 Å². The SMILES string of the molecule is O=C(COc1cc(Cl)c(Cl)cc1Cl)Nc1cc(-c2nc3ccccc3s2)ccc1Cl. The number of halogens is 4. The second-order valence-corrected chi connectivity index (χ2v) is 8.87. The fourth-order valence-electron chi connectivity index (χ4n) is 2.69. The predicted octanol–water partition coefficient (Wildman–Crippen LogP) is 7.59. The zero-order valence-corrected chi connectivity index (χ0v) is 18.9. The van der Waals surface area contributed by atoms with E-state index in [1.807, 2.05) is 30.3 Å². The quantitative estimate of drug-likeness (QED) is 0.289. The molecule has 30 heavy (non-hydrogen) atoms. The van der Waals surface area contributed by atoms with Crippen LogP contribution in [0.3, 0.4) is 0 Å². The number of nitrogens with zero attached hydrogens (tertiary/aromatic N) is 1. The number of carbonyl (C=O) groups excluding carboxylic acids is 1. The van der Waals surface area contributed by atoms with Crippen LogP contribution in [0.25, 0.3) is 20.8 Å². The average Bonchev–Trinajstić information content (AvgIpc) is 3.15. The molecule has 0 aliphatic carbocycles. The largest absolute Gasteiger partial charge is 0.482 e. The molecule has 4 aromatic rings. The number of amides is 1. The van der Waals surface area contributed by atoms with Crippen molar-refractivity contribution in [3.05, 3.63) is 74.7 Å². The second kappa shape index (κ2) is 9.00. The molecular formula is C21H12Cl4N2O2S. The van der Waals surface area contributed by atoms with Gasteiger partial charge in [-0.3, -0.25) is 4.79 Å². The van der Waals surface area contributed by atoms with Crippen molar-refractivity contribution in [3.63, 3.8) is 0 Å². The Morgan fingerprint density at radius 2 is 1.70 bits per heavy atom. The van der Waals surface area contributed by atoms with Gasteiger partial charge >= 0.3 is 0 Å². The van der Waals surface area contributed by atoms with Crippen LogP contribution in [0.2, 0.25) is 20.1 Å². The summed E-state index contributed by atoms with van der Waals surface area (Å²) in [4.78, 5) is 17.0. The van der Waals surface area contributed by atoms with Gasteiger partial charge in [0.2, 0.25) is 0 Å². The molecule has 3 aromatic carbocycles. The Morgan fingerprint density at radius 3 is 2.50 bits per heavy atom. The highest BCUT2D eigenvalue weighted by Crippen LogP contribution is 2.35. The van der Waals surface area contributed by atoms with E-state index in [1.165, 1.54) is 12.1 Å². The van der Waals surface area contributed by atoms with E-state index in [0.717, 1.165) is 20.8 Å². The zero-order chi connectivity index (χ0) is 21.3. The Bertz CT molecular complexity index is 1230. The number of fused-ring (bicyclic) bond motifs is 1. The number of anilines is 1. The van der Waals surface area contributed by atoms with Gasteiger partial charge in [0.1, 0.15) is 10.8 Å². The van der Waals surface area contributed by atoms with Crippen molar-refractivity contribution < 1.29 is 9.53 Å². The molecule has 0 aliphatic rings. The smallest absolute Gasteiger partial charge is 0.262 e. The third-order valence-electron chi connectivity index (χ3n) is 4.11. The molecule has 0 saturated carbocycles. The highest BCUT2D eigenvalue weighted by Gasteiger charge is 2.13. The highest BCUT2D eigenvalue weighted by atomic mass is 35.5. The summed E-state index contributed by atoms with van der Waals surface area (Å²) in [5, 5.41) is 4.83. The molecule has 0 spiro atoms. The number of hydrogen-bond acceptors (Lipinski definition) is 4. The third kappa shape index (κ3) is 4.66. The summed E-state index contributed by atoms with van der Waals surface area (Å²) in [6.07, 6.45) is 0. The van der Waals surface area contributed by atoms with Gasteiger partial charge in [-0.2, -0.15) is 0 Å². The van der Waals surface area contributed by atoms with E-state index in [9.17, 15) is 4.79 Å². The number of nitrogens with one attached hydrogen (secondary N) is 1. The Morgan fingerprint density at radius 1 is 0.933 bits per heavy atom. The fraction of sp³-hybridized carbons (Fsp3) is 0.0476. The standard InChI is InChI=1S/C21H12Cl4N2O2S/c22-12-6-5-11(21-27-16-3-1-2-4-19(16)30-21)7-17(12)26-20(28)10-29-18-9-14(24)13(23)8-15(18)25/h1-9H,10H2,(H,26,28). The van der Waals surface area contributed by atoms with Crippen LogP contribution in [0.4, 0.5) is 5.69 Å². The van der Waals surface area contributed by atoms with Gasteiger partial charge in [0.05, 0.1) is 36.0 Å². The van der Waals surface area contributed by atoms with E-state index in [-0.39, 0.29) is 22.4 Å². The van der Waals surface area contributed by atoms with Crippen molar-refractivity contribution in [2.45, 2.75) is 0 Å². The number of hydrogen-bond donors (Lipinski definition) is 1. The van der Waals surface area contributed by atoms with Gasteiger partial charge in [-0.1, -0.05) is 64.6 Å². The number of aromatic nitrogens is 1. The number of ether oxygens (including phenoxy) is 1. The summed E-state index contributed by atoms with van der Waals surface area (Å²) >= 11 is 25.8. The molecule has 4 rings (SSSR count). The van der Waals surface area contributed by atoms with Crippen molar-refractivity contribution in [3.8, 4) is 16.3 Å². The van der Waals surface area contributed by atoms with Gasteiger partial charge in [0.15, 0.2) is 6.61 Å². The van der Waals surface area contributed by atoms with Gasteiger partial charge in [-0.15, -0.1) is 11.3 Å². The van der Waals surface area contributed by atoms with E-state index in [4.69, 9.17) is 51.1 Å². The van der Waals surface area contributed by atoms with Crippen molar-refractivity contribution >= 4 is 79.6 Å². The van der Waals surface area contributed by atoms with Crippen LogP contribution in [-0.2, 0) is 4.79 Å². The van der Waals surface area contributed by atoms with E-state index in [0.29, 0.717) is 15.7 Å². The van der Waals surface area contributed by atoms with Crippen LogP contribution >= 0.6 is 57.7 Å². The first kappa shape index (κ1) is 21.2. The number of carbonyl (C=O) groups is 1. The lowest BCUT2D eigenvalue weighted by Gasteiger charge is -2.11. The van der Waals surface area contributed by atoms with Crippen LogP contribution in [0.1, 0.15) is 0 Å². The van der Waals surface area contributed by atoms with Crippen molar-refractivity contribution in [1.29, 1.82) is 0 Å². The molecule has 1 aromatic heterocycles. The summed E-state index contributed by atoms with van der Waals surface area (Å²) in [5.74, 6) is -0.143. The maximum absolute atomic E-state index is 12.4. The normalized spacial score (nSPS) is 10.9. The van der Waals surface area contributed by atoms with Crippen LogP contribution < -0.4 is 10.1 Å². The van der Waals surface area contributed by atoms with Crippen LogP contribution in [-0.4, -0.2) is 17.5 Å². The Hall–Kier alpha value is -2.02. The molecule has 4 nitrogen and oxygen atoms in total. The molecule has 0 saturated heterocycles. The molecule has 0 unspecified atom stereocenters. The molecule has 0 radical (unpaired) electrons. The molecule has 1 N–H and O–H groups in total. The summed E-state index contributed by atoms with van der Waals surface area (Å²) in [6, 6.07) is 16.2. The van der Waals surface area contributed by atoms with Crippen molar-refractivity contribution in [1.82, 2.24) is 4.98 Å². The first-order chi connectivity index (χ1) is 14.4. The number of thiazole rings is 1. The first-order valence-electron chi connectivity index (χ1n) is 8.63. The summed E-state index contributed by atoms with van der Waals surface area (Å²) in [5.41, 5.74) is 2.23. The molecule has 0 bridgehead atoms. The van der Waals surface area contributed by atoms with E-state index in [2.05, 4.69) is 10.3 Å². The summed E-state index contributed by atoms with van der Waals surface area (Å²) in [6.45, 7) is -0.278. The predicted molar refractivity (Wildman–Crippen MR) is 126 cm³/mol. The molecule has 0 atom stereocenters. The Balaban J connectivity index is 1.49. The molecule has 9 heteroatoms. The highest BCUT2D eigenvalue weighted by molar-refractivity contribution is 7.21. The van der Waals surface area contributed by atoms with E-state index >= 15 is 0 Å². The third-order valence-corrected chi connectivity index (χ3v) is 6.55.